The molecule has 2 atom stereocenters. The van der Waals surface area contributed by atoms with Crippen LogP contribution in [-0.2, 0) is 26.2 Å². The second-order valence-electron chi connectivity index (χ2n) is 10.9. The number of hydrogen-bond acceptors (Lipinski definition) is 6. The smallest absolute Gasteiger partial charge is 0.241 e. The van der Waals surface area contributed by atoms with E-state index in [2.05, 4.69) is 49.2 Å². The Kier molecular flexibility index (Phi) is 8.31. The van der Waals surface area contributed by atoms with Crippen molar-refractivity contribution in [2.24, 2.45) is 0 Å². The highest BCUT2D eigenvalue weighted by atomic mass is 16.5. The van der Waals surface area contributed by atoms with Gasteiger partial charge in [0.15, 0.2) is 0 Å². The Morgan fingerprint density at radius 3 is 2.59 bits per heavy atom. The first-order chi connectivity index (χ1) is 17.3. The molecule has 2 aromatic rings. The van der Waals surface area contributed by atoms with Gasteiger partial charge in [-0.25, -0.2) is 0 Å². The molecule has 2 fully saturated rings. The van der Waals surface area contributed by atoms with Crippen LogP contribution in [-0.4, -0.2) is 91.2 Å². The molecule has 3 aliphatic heterocycles. The first kappa shape index (κ1) is 27.2. The van der Waals surface area contributed by atoms with Gasteiger partial charge in [-0.05, 0) is 30.5 Å². The van der Waals surface area contributed by atoms with Gasteiger partial charge < -0.3 is 19.9 Å². The minimum atomic E-state index is -0.346. The maximum atomic E-state index is 13.8. The van der Waals surface area contributed by atoms with E-state index in [1.165, 1.54) is 5.56 Å². The number of benzene rings is 1. The van der Waals surface area contributed by atoms with Gasteiger partial charge in [-0.15, -0.1) is 0 Å². The molecule has 1 N–H and O–H groups in total. The predicted molar refractivity (Wildman–Crippen MR) is 146 cm³/mol. The molecule has 0 unspecified atom stereocenters. The maximum absolute atomic E-state index is 13.8. The first-order valence-corrected chi connectivity index (χ1v) is 13.0. The molecule has 1 aromatic heterocycles. The molecule has 200 valence electrons. The van der Waals surface area contributed by atoms with E-state index in [1.807, 2.05) is 34.2 Å². The first-order valence-electron chi connectivity index (χ1n) is 13.0. The second kappa shape index (κ2) is 11.3. The number of pyridine rings is 1. The van der Waals surface area contributed by atoms with Crippen LogP contribution in [0, 0.1) is 0 Å². The summed E-state index contributed by atoms with van der Waals surface area (Å²) < 4.78 is 5.42. The van der Waals surface area contributed by atoms with E-state index in [0.29, 0.717) is 45.9 Å². The zero-order valence-corrected chi connectivity index (χ0v) is 21.6. The number of hydrogen-bond donors (Lipinski definition) is 1. The molecule has 37 heavy (non-hydrogen) atoms. The Morgan fingerprint density at radius 2 is 1.86 bits per heavy atom. The van der Waals surface area contributed by atoms with E-state index in [0.717, 1.165) is 23.4 Å². The Balaban J connectivity index is 0.00000320. The Labute approximate surface area is 221 Å². The van der Waals surface area contributed by atoms with Crippen LogP contribution in [0.4, 0.5) is 5.69 Å². The lowest BCUT2D eigenvalue weighted by molar-refractivity contribution is -0.142. The summed E-state index contributed by atoms with van der Waals surface area (Å²) in [6, 6.07) is 12.3. The topological polar surface area (TPSA) is 78.0 Å². The van der Waals surface area contributed by atoms with Gasteiger partial charge in [0.25, 0.3) is 0 Å². The van der Waals surface area contributed by atoms with Crippen molar-refractivity contribution < 1.29 is 14.3 Å². The van der Waals surface area contributed by atoms with E-state index in [1.54, 1.807) is 0 Å². The van der Waals surface area contributed by atoms with Crippen LogP contribution < -0.4 is 10.2 Å². The van der Waals surface area contributed by atoms with Crippen molar-refractivity contribution in [3.63, 3.8) is 0 Å². The number of piperazine rings is 1. The molecule has 3 aliphatic rings. The zero-order chi connectivity index (χ0) is 25.3. The van der Waals surface area contributed by atoms with Crippen LogP contribution in [0.1, 0.15) is 45.0 Å². The highest BCUT2D eigenvalue weighted by Crippen LogP contribution is 2.39. The van der Waals surface area contributed by atoms with Crippen molar-refractivity contribution in [2.45, 2.75) is 52.1 Å². The van der Waals surface area contributed by atoms with Crippen LogP contribution >= 0.6 is 0 Å². The van der Waals surface area contributed by atoms with Crippen molar-refractivity contribution in [1.29, 1.82) is 0 Å². The highest BCUT2D eigenvalue weighted by Gasteiger charge is 2.42. The molecule has 2 saturated heterocycles. The lowest BCUT2D eigenvalue weighted by atomic mass is 9.91. The molecule has 0 radical (unpaired) electrons. The van der Waals surface area contributed by atoms with Gasteiger partial charge in [0.05, 0.1) is 31.1 Å². The van der Waals surface area contributed by atoms with Crippen LogP contribution in [0.3, 0.4) is 0 Å². The number of anilines is 1. The minimum Gasteiger partial charge on any atom is -0.378 e. The average molecular weight is 508 g/mol. The lowest BCUT2D eigenvalue weighted by Crippen LogP contribution is -2.63. The molecule has 0 saturated carbocycles. The number of nitrogens with zero attached hydrogens (tertiary/aromatic N) is 4. The molecule has 8 heteroatoms. The quantitative estimate of drug-likeness (QED) is 0.670. The number of ether oxygens (including phenoxy) is 1. The third kappa shape index (κ3) is 5.87. The molecule has 0 bridgehead atoms. The average Bonchev–Trinajstić information content (AvgIpc) is 3.15. The third-order valence-corrected chi connectivity index (χ3v) is 7.52. The summed E-state index contributed by atoms with van der Waals surface area (Å²) in [5.74, 6) is 0.105. The molecule has 8 nitrogen and oxygen atoms in total. The molecule has 0 aliphatic carbocycles. The molecule has 2 amide bonds. The monoisotopic (exact) mass is 507 g/mol. The standard InChI is InChI=1S/C28H37N5O3.CH4/c1-20-17-32(24(16-29-20)27(35)31-9-11-36-12-10-31)18-25(34)33-19-28(2,3)26-23(33)14-22(15-30-26)13-21-7-5-4-6-8-21;/h4-8,14-15,20,24,29H,9-13,16-19H2,1-3H3;1H4/t20-,24-;/m1./s1. The number of carbonyl (C=O) groups is 2. The third-order valence-electron chi connectivity index (χ3n) is 7.52. The molecule has 4 heterocycles. The Hall–Kier alpha value is -2.81. The van der Waals surface area contributed by atoms with E-state index in [9.17, 15) is 9.59 Å². The van der Waals surface area contributed by atoms with Crippen LogP contribution in [0.25, 0.3) is 0 Å². The summed E-state index contributed by atoms with van der Waals surface area (Å²) >= 11 is 0. The van der Waals surface area contributed by atoms with Gasteiger partial charge in [-0.3, -0.25) is 19.5 Å². The van der Waals surface area contributed by atoms with Gasteiger partial charge in [-0.2, -0.15) is 0 Å². The normalized spacial score (nSPS) is 23.3. The maximum Gasteiger partial charge on any atom is 0.241 e. The van der Waals surface area contributed by atoms with E-state index in [4.69, 9.17) is 9.72 Å². The zero-order valence-electron chi connectivity index (χ0n) is 21.6. The summed E-state index contributed by atoms with van der Waals surface area (Å²) in [5, 5.41) is 3.43. The summed E-state index contributed by atoms with van der Waals surface area (Å²) in [4.78, 5) is 37.8. The SMILES string of the molecule is C.C[C@@H]1CN(CC(=O)N2CC(C)(C)c3ncc(Cc4ccccc4)cc32)[C@@H](C(=O)N2CCOCC2)CN1. The number of carbonyl (C=O) groups excluding carboxylic acids is 2. The predicted octanol–water partition coefficient (Wildman–Crippen LogP) is 2.45. The van der Waals surface area contributed by atoms with E-state index in [-0.39, 0.29) is 43.3 Å². The minimum absolute atomic E-state index is 0. The number of amides is 2. The number of aromatic nitrogens is 1. The van der Waals surface area contributed by atoms with Crippen molar-refractivity contribution >= 4 is 17.5 Å². The fraction of sp³-hybridized carbons (Fsp3) is 0.552. The fourth-order valence-electron chi connectivity index (χ4n) is 5.59. The lowest BCUT2D eigenvalue weighted by Gasteiger charge is -2.41. The van der Waals surface area contributed by atoms with Gasteiger partial charge in [0, 0.05) is 50.4 Å². The van der Waals surface area contributed by atoms with Crippen molar-refractivity contribution in [2.75, 3.05) is 57.4 Å². The molecular formula is C29H41N5O3. The molecular weight excluding hydrogens is 466 g/mol. The molecule has 5 rings (SSSR count). The summed E-state index contributed by atoms with van der Waals surface area (Å²) in [5.41, 5.74) is 3.94. The van der Waals surface area contributed by atoms with Crippen LogP contribution in [0.2, 0.25) is 0 Å². The van der Waals surface area contributed by atoms with E-state index >= 15 is 0 Å². The summed E-state index contributed by atoms with van der Waals surface area (Å²) in [6.45, 7) is 10.7. The number of morpholine rings is 1. The second-order valence-corrected chi connectivity index (χ2v) is 10.9. The summed E-state index contributed by atoms with van der Waals surface area (Å²) in [7, 11) is 0. The number of rotatable bonds is 5. The van der Waals surface area contributed by atoms with E-state index < -0.39 is 0 Å². The van der Waals surface area contributed by atoms with Crippen LogP contribution in [0.15, 0.2) is 42.6 Å². The van der Waals surface area contributed by atoms with Crippen molar-refractivity contribution in [3.05, 3.63) is 59.4 Å². The Morgan fingerprint density at radius 1 is 1.14 bits per heavy atom. The molecule has 0 spiro atoms. The largest absolute Gasteiger partial charge is 0.378 e. The highest BCUT2D eigenvalue weighted by molar-refractivity contribution is 5.97. The Bertz CT molecular complexity index is 1100. The van der Waals surface area contributed by atoms with Crippen LogP contribution in [0.5, 0.6) is 0 Å². The van der Waals surface area contributed by atoms with Crippen molar-refractivity contribution in [3.8, 4) is 0 Å². The number of nitrogens with one attached hydrogen (secondary N) is 1. The van der Waals surface area contributed by atoms with Crippen molar-refractivity contribution in [1.82, 2.24) is 20.1 Å². The number of fused-ring (bicyclic) bond motifs is 1. The summed E-state index contributed by atoms with van der Waals surface area (Å²) in [6.07, 6.45) is 2.71. The van der Waals surface area contributed by atoms with Gasteiger partial charge in [0.1, 0.15) is 6.04 Å². The van der Waals surface area contributed by atoms with Gasteiger partial charge in [0.2, 0.25) is 11.8 Å². The van der Waals surface area contributed by atoms with Gasteiger partial charge in [-0.1, -0.05) is 51.6 Å². The fourth-order valence-corrected chi connectivity index (χ4v) is 5.59. The van der Waals surface area contributed by atoms with Gasteiger partial charge >= 0.3 is 0 Å². The molecule has 1 aromatic carbocycles.